The van der Waals surface area contributed by atoms with E-state index in [2.05, 4.69) is 38.7 Å². The number of carbonyl (C=O) groups excluding carboxylic acids is 3. The molecule has 3 saturated heterocycles. The van der Waals surface area contributed by atoms with E-state index in [-0.39, 0.29) is 35.0 Å². The van der Waals surface area contributed by atoms with E-state index >= 15 is 0 Å². The van der Waals surface area contributed by atoms with Gasteiger partial charge in [0.1, 0.15) is 5.82 Å². The van der Waals surface area contributed by atoms with Gasteiger partial charge in [0.05, 0.1) is 23.2 Å². The van der Waals surface area contributed by atoms with Crippen molar-refractivity contribution in [2.24, 2.45) is 11.8 Å². The molecule has 1 N–H and O–H groups in total. The van der Waals surface area contributed by atoms with Crippen molar-refractivity contribution >= 4 is 28.5 Å². The maximum atomic E-state index is 15.0. The van der Waals surface area contributed by atoms with Gasteiger partial charge in [-0.05, 0) is 88.2 Å². The number of hydrogen-bond acceptors (Lipinski definition) is 7. The number of amides is 3. The Morgan fingerprint density at radius 1 is 0.778 bits per heavy atom. The van der Waals surface area contributed by atoms with Crippen molar-refractivity contribution in [2.45, 2.75) is 83.7 Å². The fourth-order valence-corrected chi connectivity index (χ4v) is 9.48. The molecule has 0 unspecified atom stereocenters. The number of H-pyrrole nitrogens is 1. The Hall–Kier alpha value is -4.16. The number of rotatable bonds is 9. The molecule has 54 heavy (non-hydrogen) atoms. The SMILES string of the molecule is C[C@@H]1CN(CC2CCN(CC(=O)N3CCN(C(=O)c4cc(Cc5n[nH]c(=O)c6ccccc56)ccc4F)CC3)CC2)C[C@@H](C)N1C(=O)CC1CCCCC1. The molecule has 7 rings (SSSR count). The summed E-state index contributed by atoms with van der Waals surface area (Å²) in [5, 5.41) is 8.01. The number of aromatic nitrogens is 2. The van der Waals surface area contributed by atoms with E-state index in [1.807, 2.05) is 17.0 Å². The fraction of sp³-hybridized carbons (Fsp3) is 0.595. The van der Waals surface area contributed by atoms with Crippen molar-refractivity contribution in [3.05, 3.63) is 75.5 Å². The molecule has 11 nitrogen and oxygen atoms in total. The zero-order chi connectivity index (χ0) is 37.8. The first-order valence-electron chi connectivity index (χ1n) is 20.2. The molecule has 1 aliphatic carbocycles. The second-order valence-corrected chi connectivity index (χ2v) is 16.4. The minimum Gasteiger partial charge on any atom is -0.338 e. The number of nitrogens with zero attached hydrogens (tertiary/aromatic N) is 6. The van der Waals surface area contributed by atoms with Gasteiger partial charge in [-0.2, -0.15) is 5.10 Å². The van der Waals surface area contributed by atoms with Crippen molar-refractivity contribution in [1.82, 2.24) is 34.7 Å². The summed E-state index contributed by atoms with van der Waals surface area (Å²) in [6.07, 6.45) is 9.40. The maximum absolute atomic E-state index is 15.0. The lowest BCUT2D eigenvalue weighted by Crippen LogP contribution is -2.59. The average Bonchev–Trinajstić information content (AvgIpc) is 3.17. The van der Waals surface area contributed by atoms with E-state index in [1.54, 1.807) is 29.2 Å². The fourth-order valence-electron chi connectivity index (χ4n) is 9.48. The highest BCUT2D eigenvalue weighted by atomic mass is 19.1. The molecular formula is C42H56FN7O4. The third-order valence-corrected chi connectivity index (χ3v) is 12.4. The molecule has 4 fully saturated rings. The predicted octanol–water partition coefficient (Wildman–Crippen LogP) is 4.54. The van der Waals surface area contributed by atoms with Crippen molar-refractivity contribution in [2.75, 3.05) is 65.4 Å². The van der Waals surface area contributed by atoms with Gasteiger partial charge in [-0.3, -0.25) is 29.0 Å². The molecule has 1 saturated carbocycles. The average molecular weight is 742 g/mol. The van der Waals surface area contributed by atoms with Crippen molar-refractivity contribution in [3.63, 3.8) is 0 Å². The number of fused-ring (bicyclic) bond motifs is 1. The minimum absolute atomic E-state index is 0.00202. The van der Waals surface area contributed by atoms with Gasteiger partial charge in [0.15, 0.2) is 0 Å². The zero-order valence-electron chi connectivity index (χ0n) is 32.0. The quantitative estimate of drug-likeness (QED) is 0.343. The number of carbonyl (C=O) groups is 3. The number of benzene rings is 2. The van der Waals surface area contributed by atoms with Crippen LogP contribution in [0.25, 0.3) is 10.8 Å². The number of halogens is 1. The van der Waals surface area contributed by atoms with Gasteiger partial charge in [0.25, 0.3) is 11.5 Å². The van der Waals surface area contributed by atoms with E-state index < -0.39 is 5.82 Å². The Morgan fingerprint density at radius 3 is 2.15 bits per heavy atom. The molecule has 3 aliphatic heterocycles. The van der Waals surface area contributed by atoms with Crippen LogP contribution in [-0.2, 0) is 16.0 Å². The van der Waals surface area contributed by atoms with E-state index in [0.717, 1.165) is 51.0 Å². The van der Waals surface area contributed by atoms with Crippen LogP contribution in [0.1, 0.15) is 86.8 Å². The Balaban J connectivity index is 0.842. The van der Waals surface area contributed by atoms with E-state index in [9.17, 15) is 23.6 Å². The first-order valence-corrected chi connectivity index (χ1v) is 20.2. The van der Waals surface area contributed by atoms with E-state index in [4.69, 9.17) is 0 Å². The molecule has 0 radical (unpaired) electrons. The van der Waals surface area contributed by atoms with Crippen LogP contribution in [0, 0.1) is 17.7 Å². The summed E-state index contributed by atoms with van der Waals surface area (Å²) >= 11 is 0. The third kappa shape index (κ3) is 8.86. The molecule has 1 aromatic heterocycles. The molecule has 0 bridgehead atoms. The Kier molecular flexibility index (Phi) is 12.1. The van der Waals surface area contributed by atoms with Crippen molar-refractivity contribution < 1.29 is 18.8 Å². The van der Waals surface area contributed by atoms with Crippen LogP contribution in [0.2, 0.25) is 0 Å². The van der Waals surface area contributed by atoms with Crippen LogP contribution >= 0.6 is 0 Å². The van der Waals surface area contributed by atoms with Gasteiger partial charge < -0.3 is 14.7 Å². The highest BCUT2D eigenvalue weighted by Crippen LogP contribution is 2.29. The van der Waals surface area contributed by atoms with E-state index in [1.165, 1.54) is 38.2 Å². The number of piperazine rings is 2. The molecule has 4 aliphatic rings. The number of aromatic amines is 1. The van der Waals surface area contributed by atoms with E-state index in [0.29, 0.717) is 80.0 Å². The summed E-state index contributed by atoms with van der Waals surface area (Å²) in [6.45, 7) is 11.0. The molecule has 12 heteroatoms. The Labute approximate surface area is 317 Å². The zero-order valence-corrected chi connectivity index (χ0v) is 32.0. The maximum Gasteiger partial charge on any atom is 0.272 e. The van der Waals surface area contributed by atoms with Crippen LogP contribution in [0.5, 0.6) is 0 Å². The first-order chi connectivity index (χ1) is 26.1. The molecule has 2 aromatic carbocycles. The number of likely N-dealkylation sites (tertiary alicyclic amines) is 1. The monoisotopic (exact) mass is 741 g/mol. The molecule has 2 atom stereocenters. The van der Waals surface area contributed by atoms with Crippen LogP contribution in [0.3, 0.4) is 0 Å². The lowest BCUT2D eigenvalue weighted by molar-refractivity contribution is -0.140. The van der Waals surface area contributed by atoms with Gasteiger partial charge in [-0.25, -0.2) is 9.49 Å². The summed E-state index contributed by atoms with van der Waals surface area (Å²) in [7, 11) is 0. The van der Waals surface area contributed by atoms with Crippen LogP contribution in [-0.4, -0.2) is 130 Å². The molecular weight excluding hydrogens is 686 g/mol. The number of piperidine rings is 1. The minimum atomic E-state index is -0.587. The normalized spacial score (nSPS) is 22.5. The van der Waals surface area contributed by atoms with Crippen LogP contribution in [0.4, 0.5) is 4.39 Å². The van der Waals surface area contributed by atoms with Gasteiger partial charge in [-0.15, -0.1) is 0 Å². The Morgan fingerprint density at radius 2 is 1.44 bits per heavy atom. The van der Waals surface area contributed by atoms with Gasteiger partial charge in [0.2, 0.25) is 11.8 Å². The van der Waals surface area contributed by atoms with Gasteiger partial charge >= 0.3 is 0 Å². The largest absolute Gasteiger partial charge is 0.338 e. The summed E-state index contributed by atoms with van der Waals surface area (Å²) < 4.78 is 15.0. The summed E-state index contributed by atoms with van der Waals surface area (Å²) in [6, 6.07) is 12.2. The second kappa shape index (κ2) is 17.1. The van der Waals surface area contributed by atoms with Crippen LogP contribution in [0.15, 0.2) is 47.3 Å². The molecule has 290 valence electrons. The Bertz CT molecular complexity index is 1850. The number of nitrogens with one attached hydrogen (secondary N) is 1. The highest BCUT2D eigenvalue weighted by Gasteiger charge is 2.35. The standard InChI is InChI=1S/C42H56FN7O4/c1-29-25-47(26-30(2)50(29)39(51)24-31-8-4-3-5-9-31)27-32-14-16-46(17-15-32)28-40(52)48-18-20-49(21-19-48)42(54)36-22-33(12-13-37(36)43)23-38-34-10-6-7-11-35(34)41(53)45-44-38/h6-7,10-13,22,29-32H,3-5,8-9,14-21,23-28H2,1-2H3,(H,45,53)/t29-,30-/m1/s1. The highest BCUT2D eigenvalue weighted by molar-refractivity contribution is 5.95. The summed E-state index contributed by atoms with van der Waals surface area (Å²) in [5.74, 6) is 0.595. The van der Waals surface area contributed by atoms with Gasteiger partial charge in [-0.1, -0.05) is 43.5 Å². The van der Waals surface area contributed by atoms with Crippen molar-refractivity contribution in [1.29, 1.82) is 0 Å². The molecule has 4 heterocycles. The van der Waals surface area contributed by atoms with Gasteiger partial charge in [0, 0.05) is 76.1 Å². The molecule has 3 amide bonds. The second-order valence-electron chi connectivity index (χ2n) is 16.4. The van der Waals surface area contributed by atoms with Crippen molar-refractivity contribution in [3.8, 4) is 0 Å². The number of hydrogen-bond donors (Lipinski definition) is 1. The first kappa shape index (κ1) is 38.1. The summed E-state index contributed by atoms with van der Waals surface area (Å²) in [5.41, 5.74) is 1.08. The topological polar surface area (TPSA) is 113 Å². The van der Waals surface area contributed by atoms with Crippen LogP contribution < -0.4 is 5.56 Å². The molecule has 0 spiro atoms. The predicted molar refractivity (Wildman–Crippen MR) is 207 cm³/mol. The lowest BCUT2D eigenvalue weighted by Gasteiger charge is -2.46. The summed E-state index contributed by atoms with van der Waals surface area (Å²) in [4.78, 5) is 62.7. The lowest BCUT2D eigenvalue weighted by atomic mass is 9.86. The third-order valence-electron chi connectivity index (χ3n) is 12.4. The molecule has 3 aromatic rings. The smallest absolute Gasteiger partial charge is 0.272 e.